The third-order valence-electron chi connectivity index (χ3n) is 2.26. The molecule has 0 fully saturated rings. The summed E-state index contributed by atoms with van der Waals surface area (Å²) in [5, 5.41) is 9.14. The molecule has 112 valence electrons. The molecule has 0 bridgehead atoms. The summed E-state index contributed by atoms with van der Waals surface area (Å²) in [6.07, 6.45) is 2.99. The van der Waals surface area contributed by atoms with Gasteiger partial charge in [0.05, 0.1) is 16.1 Å². The van der Waals surface area contributed by atoms with E-state index in [1.807, 2.05) is 0 Å². The summed E-state index contributed by atoms with van der Waals surface area (Å²) in [6.45, 7) is 0.896. The molecule has 0 unspecified atom stereocenters. The van der Waals surface area contributed by atoms with E-state index >= 15 is 0 Å². The predicted octanol–water partition coefficient (Wildman–Crippen LogP) is 4.95. The Morgan fingerprint density at radius 2 is 2.00 bits per heavy atom. The molecule has 0 radical (unpaired) electrons. The second-order valence-electron chi connectivity index (χ2n) is 3.80. The largest absolute Gasteiger partial charge is 0.491 e. The molecule has 0 aliphatic carbocycles. The summed E-state index contributed by atoms with van der Waals surface area (Å²) in [4.78, 5) is 0. The van der Waals surface area contributed by atoms with E-state index in [1.165, 1.54) is 6.08 Å². The number of hydrogen-bond donors (Lipinski definition) is 1. The lowest BCUT2D eigenvalue weighted by Crippen LogP contribution is -2.00. The normalized spacial score (nSPS) is 10.2. The lowest BCUT2D eigenvalue weighted by molar-refractivity contribution is 0.252. The second kappa shape index (κ2) is 9.74. The minimum Gasteiger partial charge on any atom is -0.491 e. The van der Waals surface area contributed by atoms with Crippen LogP contribution in [0.1, 0.15) is 12.8 Å². The van der Waals surface area contributed by atoms with Crippen LogP contribution < -0.4 is 9.47 Å². The topological polar surface area (TPSA) is 38.7 Å². The maximum Gasteiger partial charge on any atom is 0.152 e. The number of benzene rings is 1. The predicted molar refractivity (Wildman–Crippen MR) is 86.3 cm³/mol. The zero-order chi connectivity index (χ0) is 15.0. The molecule has 20 heavy (non-hydrogen) atoms. The minimum atomic E-state index is 0.152. The van der Waals surface area contributed by atoms with Gasteiger partial charge in [0.1, 0.15) is 16.8 Å². The van der Waals surface area contributed by atoms with Crippen molar-refractivity contribution in [3.8, 4) is 11.5 Å². The summed E-state index contributed by atoms with van der Waals surface area (Å²) in [7, 11) is 0. The van der Waals surface area contributed by atoms with Crippen LogP contribution in [-0.2, 0) is 0 Å². The average molecular weight is 405 g/mol. The Kier molecular flexibility index (Phi) is 8.73. The average Bonchev–Trinajstić information content (AvgIpc) is 2.36. The molecule has 0 spiro atoms. The molecule has 0 saturated heterocycles. The monoisotopic (exact) mass is 402 g/mol. The van der Waals surface area contributed by atoms with Crippen LogP contribution in [0, 0.1) is 0 Å². The van der Waals surface area contributed by atoms with Gasteiger partial charge in [-0.1, -0.05) is 34.8 Å². The lowest BCUT2D eigenvalue weighted by atomic mass is 10.3. The summed E-state index contributed by atoms with van der Waals surface area (Å²) < 4.78 is 11.8. The van der Waals surface area contributed by atoms with Gasteiger partial charge in [0.2, 0.25) is 0 Å². The van der Waals surface area contributed by atoms with Crippen molar-refractivity contribution >= 4 is 50.7 Å². The van der Waals surface area contributed by atoms with E-state index in [9.17, 15) is 0 Å². The fourth-order valence-corrected chi connectivity index (χ4v) is 2.40. The highest BCUT2D eigenvalue weighted by atomic mass is 79.9. The summed E-state index contributed by atoms with van der Waals surface area (Å²) in [5.41, 5.74) is 0. The van der Waals surface area contributed by atoms with Crippen LogP contribution in [0.25, 0.3) is 0 Å². The quantitative estimate of drug-likeness (QED) is 0.623. The number of halogens is 4. The van der Waals surface area contributed by atoms with E-state index in [0.717, 1.165) is 6.42 Å². The molecule has 1 N–H and O–H groups in total. The molecular weight excluding hydrogens is 390 g/mol. The van der Waals surface area contributed by atoms with Crippen LogP contribution in [0.5, 0.6) is 11.5 Å². The zero-order valence-electron chi connectivity index (χ0n) is 10.5. The summed E-state index contributed by atoms with van der Waals surface area (Å²) in [5.74, 6) is 1.14. The van der Waals surface area contributed by atoms with Crippen LogP contribution in [0.2, 0.25) is 5.02 Å². The molecule has 0 atom stereocenters. The summed E-state index contributed by atoms with van der Waals surface area (Å²) in [6, 6.07) is 3.41. The Hall–Kier alpha value is -0.130. The van der Waals surface area contributed by atoms with Gasteiger partial charge >= 0.3 is 0 Å². The Labute approximate surface area is 141 Å². The highest BCUT2D eigenvalue weighted by Crippen LogP contribution is 2.37. The first-order valence-corrected chi connectivity index (χ1v) is 7.84. The molecule has 0 aromatic heterocycles. The van der Waals surface area contributed by atoms with E-state index in [4.69, 9.17) is 49.4 Å². The van der Waals surface area contributed by atoms with Crippen molar-refractivity contribution in [1.82, 2.24) is 0 Å². The highest BCUT2D eigenvalue weighted by molar-refractivity contribution is 9.10. The molecule has 1 rings (SSSR count). The number of unbranched alkanes of at least 4 members (excludes halogenated alkanes) is 1. The molecule has 1 aromatic carbocycles. The van der Waals surface area contributed by atoms with Gasteiger partial charge in [-0.15, -0.1) is 0 Å². The lowest BCUT2D eigenvalue weighted by Gasteiger charge is -2.12. The maximum absolute atomic E-state index is 8.70. The molecule has 0 aliphatic heterocycles. The maximum atomic E-state index is 8.70. The van der Waals surface area contributed by atoms with E-state index in [2.05, 4.69) is 15.9 Å². The van der Waals surface area contributed by atoms with Crippen molar-refractivity contribution < 1.29 is 14.6 Å². The van der Waals surface area contributed by atoms with E-state index in [-0.39, 0.29) is 17.7 Å². The van der Waals surface area contributed by atoms with Gasteiger partial charge in [-0.25, -0.2) is 0 Å². The van der Waals surface area contributed by atoms with Gasteiger partial charge in [-0.05, 0) is 40.9 Å². The number of rotatable bonds is 8. The highest BCUT2D eigenvalue weighted by Gasteiger charge is 2.10. The zero-order valence-corrected chi connectivity index (χ0v) is 14.4. The van der Waals surface area contributed by atoms with E-state index in [1.54, 1.807) is 12.1 Å². The molecule has 1 aromatic rings. The van der Waals surface area contributed by atoms with Crippen molar-refractivity contribution in [1.29, 1.82) is 0 Å². The third-order valence-corrected chi connectivity index (χ3v) is 3.44. The van der Waals surface area contributed by atoms with Gasteiger partial charge < -0.3 is 14.6 Å². The Morgan fingerprint density at radius 1 is 1.25 bits per heavy atom. The van der Waals surface area contributed by atoms with Crippen LogP contribution in [0.4, 0.5) is 0 Å². The Balaban J connectivity index is 2.63. The summed E-state index contributed by atoms with van der Waals surface area (Å²) >= 11 is 20.5. The molecule has 0 amide bonds. The van der Waals surface area contributed by atoms with Crippen LogP contribution in [0.3, 0.4) is 0 Å². The second-order valence-corrected chi connectivity index (χ2v) is 6.07. The van der Waals surface area contributed by atoms with Crippen molar-refractivity contribution in [2.24, 2.45) is 0 Å². The van der Waals surface area contributed by atoms with Crippen molar-refractivity contribution in [2.45, 2.75) is 12.8 Å². The van der Waals surface area contributed by atoms with Gasteiger partial charge in [0.25, 0.3) is 0 Å². The van der Waals surface area contributed by atoms with Crippen molar-refractivity contribution in [3.05, 3.63) is 32.2 Å². The van der Waals surface area contributed by atoms with Gasteiger partial charge in [0.15, 0.2) is 5.75 Å². The first-order valence-electron chi connectivity index (χ1n) is 5.91. The van der Waals surface area contributed by atoms with E-state index < -0.39 is 0 Å². The van der Waals surface area contributed by atoms with Crippen LogP contribution in [-0.4, -0.2) is 24.9 Å². The third kappa shape index (κ3) is 6.55. The SMILES string of the molecule is OCCCCOc1c(Cl)cc(OCC=C(Cl)Cl)cc1Br. The molecule has 0 aliphatic rings. The fraction of sp³-hybridized carbons (Fsp3) is 0.385. The Morgan fingerprint density at radius 3 is 2.60 bits per heavy atom. The fourth-order valence-electron chi connectivity index (χ4n) is 1.35. The molecule has 0 heterocycles. The number of aliphatic hydroxyl groups excluding tert-OH is 1. The van der Waals surface area contributed by atoms with E-state index in [0.29, 0.717) is 34.0 Å². The van der Waals surface area contributed by atoms with Gasteiger partial charge in [0, 0.05) is 12.7 Å². The number of ether oxygens (including phenoxy) is 2. The molecule has 0 saturated carbocycles. The van der Waals surface area contributed by atoms with Gasteiger partial charge in [-0.3, -0.25) is 0 Å². The van der Waals surface area contributed by atoms with Crippen molar-refractivity contribution in [2.75, 3.05) is 19.8 Å². The standard InChI is InChI=1S/C13H14BrCl3O3/c14-10-7-9(19-6-3-12(16)17)8-11(15)13(10)20-5-2-1-4-18/h3,7-8,18H,1-2,4-6H2. The van der Waals surface area contributed by atoms with Crippen LogP contribution >= 0.6 is 50.7 Å². The Bertz CT molecular complexity index is 439. The molecule has 7 heteroatoms. The minimum absolute atomic E-state index is 0.152. The number of aliphatic hydroxyl groups is 1. The first-order chi connectivity index (χ1) is 9.54. The number of hydrogen-bond acceptors (Lipinski definition) is 3. The molecular formula is C13H14BrCl3O3. The smallest absolute Gasteiger partial charge is 0.152 e. The molecule has 3 nitrogen and oxygen atoms in total. The first kappa shape index (κ1) is 17.9. The van der Waals surface area contributed by atoms with Gasteiger partial charge in [-0.2, -0.15) is 0 Å². The van der Waals surface area contributed by atoms with Crippen molar-refractivity contribution in [3.63, 3.8) is 0 Å². The van der Waals surface area contributed by atoms with Crippen LogP contribution in [0.15, 0.2) is 27.2 Å².